The number of alkyl halides is 3. The molecule has 1 aromatic heterocycles. The van der Waals surface area contributed by atoms with Crippen LogP contribution < -0.4 is 5.32 Å². The van der Waals surface area contributed by atoms with Gasteiger partial charge >= 0.3 is 6.18 Å². The van der Waals surface area contributed by atoms with Crippen molar-refractivity contribution in [3.05, 3.63) is 40.5 Å². The molecule has 3 rings (SSSR count). The van der Waals surface area contributed by atoms with Gasteiger partial charge in [-0.1, -0.05) is 25.4 Å². The van der Waals surface area contributed by atoms with E-state index in [-0.39, 0.29) is 28.4 Å². The minimum absolute atomic E-state index is 0.00626. The highest BCUT2D eigenvalue weighted by Gasteiger charge is 2.36. The third-order valence-corrected chi connectivity index (χ3v) is 5.25. The highest BCUT2D eigenvalue weighted by atomic mass is 35.5. The predicted octanol–water partition coefficient (Wildman–Crippen LogP) is 4.44. The van der Waals surface area contributed by atoms with Gasteiger partial charge in [-0.25, -0.2) is 4.68 Å². The summed E-state index contributed by atoms with van der Waals surface area (Å²) in [5.41, 5.74) is -0.402. The van der Waals surface area contributed by atoms with E-state index in [1.165, 1.54) is 10.7 Å². The van der Waals surface area contributed by atoms with E-state index in [0.29, 0.717) is 25.1 Å². The average molecular weight is 443 g/mol. The van der Waals surface area contributed by atoms with E-state index in [0.717, 1.165) is 18.2 Å². The molecule has 0 spiro atoms. The summed E-state index contributed by atoms with van der Waals surface area (Å²) < 4.78 is 40.6. The first-order valence-corrected chi connectivity index (χ1v) is 9.91. The van der Waals surface area contributed by atoms with Gasteiger partial charge in [0.25, 0.3) is 0 Å². The van der Waals surface area contributed by atoms with Crippen molar-refractivity contribution in [2.24, 2.45) is 5.92 Å². The van der Waals surface area contributed by atoms with E-state index in [2.05, 4.69) is 10.4 Å². The molecule has 1 aliphatic heterocycles. The van der Waals surface area contributed by atoms with Gasteiger partial charge in [-0.3, -0.25) is 9.59 Å². The molecule has 2 aromatic rings. The first-order valence-electron chi connectivity index (χ1n) is 9.53. The predicted molar refractivity (Wildman–Crippen MR) is 107 cm³/mol. The van der Waals surface area contributed by atoms with Gasteiger partial charge in [-0.2, -0.15) is 18.3 Å². The lowest BCUT2D eigenvalue weighted by molar-refractivity contribution is -0.137. The monoisotopic (exact) mass is 442 g/mol. The van der Waals surface area contributed by atoms with Gasteiger partial charge in [-0.15, -0.1) is 0 Å². The summed E-state index contributed by atoms with van der Waals surface area (Å²) in [5, 5.41) is 6.98. The molecule has 30 heavy (non-hydrogen) atoms. The number of carbonyl (C=O) groups is 2. The van der Waals surface area contributed by atoms with Crippen LogP contribution in [-0.2, 0) is 15.8 Å². The smallest absolute Gasteiger partial charge is 0.330 e. The number of hydrogen-bond donors (Lipinski definition) is 1. The zero-order valence-electron chi connectivity index (χ0n) is 16.8. The fourth-order valence-corrected chi connectivity index (χ4v) is 3.79. The fraction of sp³-hybridized carbons (Fsp3) is 0.450. The fourth-order valence-electron chi connectivity index (χ4n) is 3.59. The van der Waals surface area contributed by atoms with Crippen LogP contribution in [0.4, 0.5) is 19.0 Å². The Morgan fingerprint density at radius 3 is 2.53 bits per heavy atom. The Kier molecular flexibility index (Phi) is 6.12. The third kappa shape index (κ3) is 4.45. The Morgan fingerprint density at radius 2 is 1.97 bits per heavy atom. The van der Waals surface area contributed by atoms with Crippen LogP contribution in [0, 0.1) is 12.8 Å². The molecule has 0 radical (unpaired) electrons. The van der Waals surface area contributed by atoms with Crippen LogP contribution in [0.5, 0.6) is 0 Å². The number of aryl methyl sites for hydroxylation is 1. The van der Waals surface area contributed by atoms with Crippen molar-refractivity contribution in [3.63, 3.8) is 0 Å². The lowest BCUT2D eigenvalue weighted by Gasteiger charge is -2.29. The molecule has 162 valence electrons. The third-order valence-electron chi connectivity index (χ3n) is 4.93. The Balaban J connectivity index is 1.96. The van der Waals surface area contributed by atoms with Crippen molar-refractivity contribution in [2.75, 3.05) is 11.9 Å². The van der Waals surface area contributed by atoms with E-state index in [4.69, 9.17) is 11.6 Å². The summed E-state index contributed by atoms with van der Waals surface area (Å²) in [6.07, 6.45) is -3.47. The highest BCUT2D eigenvalue weighted by molar-refractivity contribution is 6.32. The zero-order valence-corrected chi connectivity index (χ0v) is 17.5. The van der Waals surface area contributed by atoms with Crippen LogP contribution >= 0.6 is 11.6 Å². The molecule has 0 bridgehead atoms. The van der Waals surface area contributed by atoms with E-state index < -0.39 is 23.7 Å². The Labute approximate surface area is 177 Å². The molecule has 10 heteroatoms. The van der Waals surface area contributed by atoms with Crippen LogP contribution in [0.1, 0.15) is 37.9 Å². The maximum Gasteiger partial charge on any atom is 0.416 e. The molecule has 1 aromatic carbocycles. The van der Waals surface area contributed by atoms with Gasteiger partial charge < -0.3 is 10.2 Å². The number of likely N-dealkylation sites (tertiary alicyclic amines) is 1. The number of aromatic nitrogens is 2. The summed E-state index contributed by atoms with van der Waals surface area (Å²) >= 11 is 6.14. The SMILES string of the molecule is Cc1cc(NC(=O)C(C(C)C)N2CCCC2=O)n(-c2cc(C(F)(F)F)ccc2Cl)n1. The van der Waals surface area contributed by atoms with E-state index in [1.807, 2.05) is 13.8 Å². The summed E-state index contributed by atoms with van der Waals surface area (Å²) in [6, 6.07) is 3.75. The molecule has 0 saturated carbocycles. The first-order chi connectivity index (χ1) is 14.0. The summed E-state index contributed by atoms with van der Waals surface area (Å²) in [7, 11) is 0. The first kappa shape index (κ1) is 22.1. The van der Waals surface area contributed by atoms with Gasteiger partial charge in [-0.05, 0) is 37.5 Å². The number of amides is 2. The number of anilines is 1. The van der Waals surface area contributed by atoms with Crippen molar-refractivity contribution in [1.82, 2.24) is 14.7 Å². The molecule has 0 aliphatic carbocycles. The standard InChI is InChI=1S/C20H22ClF3N4O2/c1-11(2)18(27-8-4-5-17(27)29)19(30)25-16-9-12(3)26-28(16)15-10-13(20(22,23)24)6-7-14(15)21/h6-7,9-11,18H,4-5,8H2,1-3H3,(H,25,30). The zero-order chi connectivity index (χ0) is 22.2. The van der Waals surface area contributed by atoms with E-state index in [9.17, 15) is 22.8 Å². The Hall–Kier alpha value is -2.55. The van der Waals surface area contributed by atoms with Crippen LogP contribution in [0.25, 0.3) is 5.69 Å². The second kappa shape index (κ2) is 8.29. The number of hydrogen-bond acceptors (Lipinski definition) is 3. The van der Waals surface area contributed by atoms with Gasteiger partial charge in [0.15, 0.2) is 0 Å². The summed E-state index contributed by atoms with van der Waals surface area (Å²) in [5.74, 6) is -0.489. The van der Waals surface area contributed by atoms with Crippen molar-refractivity contribution in [2.45, 2.75) is 45.8 Å². The number of nitrogens with one attached hydrogen (secondary N) is 1. The molecule has 1 aliphatic rings. The van der Waals surface area contributed by atoms with Crippen LogP contribution in [0.2, 0.25) is 5.02 Å². The van der Waals surface area contributed by atoms with Crippen molar-refractivity contribution in [1.29, 1.82) is 0 Å². The molecular formula is C20H22ClF3N4O2. The molecule has 2 heterocycles. The summed E-state index contributed by atoms with van der Waals surface area (Å²) in [6.45, 7) is 5.81. The molecular weight excluding hydrogens is 421 g/mol. The summed E-state index contributed by atoms with van der Waals surface area (Å²) in [4.78, 5) is 26.7. The minimum Gasteiger partial charge on any atom is -0.330 e. The maximum absolute atomic E-state index is 13.2. The Bertz CT molecular complexity index is 971. The maximum atomic E-state index is 13.2. The number of halogens is 4. The molecule has 6 nitrogen and oxygen atoms in total. The quantitative estimate of drug-likeness (QED) is 0.744. The normalized spacial score (nSPS) is 15.7. The number of rotatable bonds is 5. The molecule has 1 fully saturated rings. The van der Waals surface area contributed by atoms with Crippen molar-refractivity contribution < 1.29 is 22.8 Å². The minimum atomic E-state index is -4.55. The average Bonchev–Trinajstić information content (AvgIpc) is 3.20. The van der Waals surface area contributed by atoms with Gasteiger partial charge in [0.2, 0.25) is 11.8 Å². The molecule has 1 saturated heterocycles. The largest absolute Gasteiger partial charge is 0.416 e. The van der Waals surface area contributed by atoms with Crippen LogP contribution in [0.15, 0.2) is 24.3 Å². The topological polar surface area (TPSA) is 67.2 Å². The number of nitrogens with zero attached hydrogens (tertiary/aromatic N) is 3. The lowest BCUT2D eigenvalue weighted by Crippen LogP contribution is -2.48. The molecule has 1 N–H and O–H groups in total. The lowest BCUT2D eigenvalue weighted by atomic mass is 10.0. The molecule has 2 amide bonds. The second-order valence-electron chi connectivity index (χ2n) is 7.62. The van der Waals surface area contributed by atoms with E-state index >= 15 is 0 Å². The highest BCUT2D eigenvalue weighted by Crippen LogP contribution is 2.34. The van der Waals surface area contributed by atoms with E-state index in [1.54, 1.807) is 11.8 Å². The number of benzene rings is 1. The molecule has 1 atom stereocenters. The molecule has 1 unspecified atom stereocenters. The van der Waals surface area contributed by atoms with Gasteiger partial charge in [0.05, 0.1) is 22.0 Å². The Morgan fingerprint density at radius 1 is 1.27 bits per heavy atom. The second-order valence-corrected chi connectivity index (χ2v) is 8.02. The van der Waals surface area contributed by atoms with Crippen molar-refractivity contribution >= 4 is 29.2 Å². The van der Waals surface area contributed by atoms with Crippen molar-refractivity contribution in [3.8, 4) is 5.69 Å². The number of carbonyl (C=O) groups excluding carboxylic acids is 2. The van der Waals surface area contributed by atoms with Gasteiger partial charge in [0, 0.05) is 19.0 Å². The van der Waals surface area contributed by atoms with Crippen LogP contribution in [-0.4, -0.2) is 39.1 Å². The van der Waals surface area contributed by atoms with Gasteiger partial charge in [0.1, 0.15) is 11.9 Å². The van der Waals surface area contributed by atoms with Crippen LogP contribution in [0.3, 0.4) is 0 Å².